The van der Waals surface area contributed by atoms with Crippen molar-refractivity contribution in [1.29, 1.82) is 0 Å². The Morgan fingerprint density at radius 2 is 1.76 bits per heavy atom. The van der Waals surface area contributed by atoms with E-state index in [-0.39, 0.29) is 25.5 Å². The molecular weight excluding hydrogens is 638 g/mol. The van der Waals surface area contributed by atoms with Crippen LogP contribution in [-0.2, 0) is 28.9 Å². The van der Waals surface area contributed by atoms with E-state index in [4.69, 9.17) is 29.8 Å². The molecule has 0 unspecified atom stereocenters. The van der Waals surface area contributed by atoms with Crippen molar-refractivity contribution in [2.45, 2.75) is 37.5 Å². The van der Waals surface area contributed by atoms with Crippen LogP contribution in [0.25, 0.3) is 20.9 Å². The lowest BCUT2D eigenvalue weighted by Gasteiger charge is -2.32. The van der Waals surface area contributed by atoms with E-state index in [9.17, 15) is 10.3 Å². The van der Waals surface area contributed by atoms with Crippen LogP contribution < -0.4 is 20.3 Å². The molecule has 4 aromatic rings. The molecular formula is C36H37N9O5. The molecule has 4 aromatic carbocycles. The van der Waals surface area contributed by atoms with Crippen molar-refractivity contribution in [2.24, 2.45) is 15.2 Å². The van der Waals surface area contributed by atoms with Crippen LogP contribution in [0.1, 0.15) is 40.3 Å². The van der Waals surface area contributed by atoms with Crippen molar-refractivity contribution < 1.29 is 24.1 Å². The highest BCUT2D eigenvalue weighted by molar-refractivity contribution is 6.01. The minimum atomic E-state index is -1.62. The number of methoxy groups -OCH3 is 1. The summed E-state index contributed by atoms with van der Waals surface area (Å²) in [5.74, 6) is 1.07. The van der Waals surface area contributed by atoms with Crippen LogP contribution in [0.4, 0.5) is 5.69 Å². The second-order valence-corrected chi connectivity index (χ2v) is 11.4. The molecule has 3 N–H and O–H groups in total. The van der Waals surface area contributed by atoms with E-state index >= 15 is 0 Å². The third-order valence-corrected chi connectivity index (χ3v) is 8.15. The van der Waals surface area contributed by atoms with Gasteiger partial charge in [-0.15, -0.1) is 0 Å². The molecule has 1 aliphatic heterocycles. The second kappa shape index (κ2) is 17.4. The molecule has 1 amide bonds. The van der Waals surface area contributed by atoms with E-state index in [1.165, 1.54) is 0 Å². The molecule has 0 spiro atoms. The Bertz CT molecular complexity index is 1910. The molecule has 0 fully saturated rings. The fraction of sp³-hybridized carbons (Fsp3) is 0.278. The molecule has 14 heteroatoms. The Hall–Kier alpha value is -6.04. The van der Waals surface area contributed by atoms with Crippen molar-refractivity contribution in [3.63, 3.8) is 0 Å². The van der Waals surface area contributed by atoms with Gasteiger partial charge in [0.05, 0.1) is 20.3 Å². The summed E-state index contributed by atoms with van der Waals surface area (Å²) in [7, 11) is 1.61. The number of rotatable bonds is 17. The first-order valence-corrected chi connectivity index (χ1v) is 16.0. The number of aliphatic imine (C=N–C) groups is 1. The summed E-state index contributed by atoms with van der Waals surface area (Å²) >= 11 is 0. The largest absolute Gasteiger partial charge is 0.497 e. The molecule has 0 saturated heterocycles. The number of aliphatic hydroxyl groups excluding tert-OH is 1. The predicted octanol–water partition coefficient (Wildman–Crippen LogP) is 6.57. The van der Waals surface area contributed by atoms with Crippen LogP contribution in [0.2, 0.25) is 0 Å². The van der Waals surface area contributed by atoms with Crippen LogP contribution in [0.3, 0.4) is 0 Å². The van der Waals surface area contributed by atoms with Gasteiger partial charge in [-0.1, -0.05) is 70.9 Å². The Balaban J connectivity index is 1.56. The van der Waals surface area contributed by atoms with E-state index in [0.29, 0.717) is 59.7 Å². The molecule has 256 valence electrons. The van der Waals surface area contributed by atoms with Gasteiger partial charge in [0.25, 0.3) is 5.91 Å². The first-order valence-electron chi connectivity index (χ1n) is 16.0. The highest BCUT2D eigenvalue weighted by atomic mass is 16.5. The van der Waals surface area contributed by atoms with Gasteiger partial charge in [-0.3, -0.25) is 10.2 Å². The lowest BCUT2D eigenvalue weighted by atomic mass is 9.80. The minimum Gasteiger partial charge on any atom is -0.497 e. The van der Waals surface area contributed by atoms with Crippen molar-refractivity contribution in [3.05, 3.63) is 146 Å². The molecule has 0 bridgehead atoms. The standard InChI is InChI=1S/C36H37N9O5/c1-48-30-11-6-8-25(22-30)18-19-39-43-35(47)36(23-27-9-3-5-13-32(27)42-45-38)33(31-12-4-2-10-28(31)24-40-44-37)50-34(41-36)26-14-16-29(17-15-26)49-21-7-20-46/h2-6,8-17,22,33,39,46H,7,18-21,23-24H2,1H3,(H,43,47)/t33-,36-/m0/s1. The average molecular weight is 676 g/mol. The monoisotopic (exact) mass is 675 g/mol. The number of hydrogen-bond donors (Lipinski definition) is 3. The number of ether oxygens (including phenoxy) is 3. The SMILES string of the molecule is COc1cccc(CCNNC(=O)[C@@]2(Cc3ccccc3N=[N+]=[N-])N=C(c3ccc(OCCCO)cc3)O[C@H]2c2ccccc2CN=[N+]=[N-])c1. The first-order chi connectivity index (χ1) is 24.5. The van der Waals surface area contributed by atoms with E-state index in [0.717, 1.165) is 11.3 Å². The lowest BCUT2D eigenvalue weighted by molar-refractivity contribution is -0.130. The van der Waals surface area contributed by atoms with E-state index in [2.05, 4.69) is 30.9 Å². The van der Waals surface area contributed by atoms with Gasteiger partial charge in [-0.05, 0) is 76.1 Å². The molecule has 0 aromatic heterocycles. The van der Waals surface area contributed by atoms with Crippen molar-refractivity contribution >= 4 is 17.5 Å². The average Bonchev–Trinajstić information content (AvgIpc) is 3.54. The summed E-state index contributed by atoms with van der Waals surface area (Å²) < 4.78 is 17.7. The third-order valence-electron chi connectivity index (χ3n) is 8.15. The second-order valence-electron chi connectivity index (χ2n) is 11.4. The summed E-state index contributed by atoms with van der Waals surface area (Å²) in [6.45, 7) is 0.801. The molecule has 5 rings (SSSR count). The molecule has 2 atom stereocenters. The highest BCUT2D eigenvalue weighted by Gasteiger charge is 2.54. The van der Waals surface area contributed by atoms with Gasteiger partial charge in [0.1, 0.15) is 11.5 Å². The topological polar surface area (TPSA) is 199 Å². The van der Waals surface area contributed by atoms with Crippen LogP contribution in [0.15, 0.2) is 112 Å². The lowest BCUT2D eigenvalue weighted by Crippen LogP contribution is -2.54. The van der Waals surface area contributed by atoms with Gasteiger partial charge >= 0.3 is 0 Å². The fourth-order valence-corrected chi connectivity index (χ4v) is 5.68. The number of carbonyl (C=O) groups excluding carboxylic acids is 1. The first kappa shape index (κ1) is 35.3. The summed E-state index contributed by atoms with van der Waals surface area (Å²) in [4.78, 5) is 25.6. The smallest absolute Gasteiger partial charge is 0.266 e. The number of aliphatic hydroxyl groups is 1. The summed E-state index contributed by atoms with van der Waals surface area (Å²) in [6.07, 6.45) is 0.109. The molecule has 14 nitrogen and oxygen atoms in total. The Kier molecular flexibility index (Phi) is 12.3. The van der Waals surface area contributed by atoms with Crippen LogP contribution >= 0.6 is 0 Å². The van der Waals surface area contributed by atoms with Crippen molar-refractivity contribution in [3.8, 4) is 11.5 Å². The maximum absolute atomic E-state index is 14.6. The number of benzene rings is 4. The molecule has 0 radical (unpaired) electrons. The summed E-state index contributed by atoms with van der Waals surface area (Å²) in [5.41, 5.74) is 26.6. The van der Waals surface area contributed by atoms with Gasteiger partial charge in [-0.2, -0.15) is 0 Å². The van der Waals surface area contributed by atoms with Crippen LogP contribution in [-0.4, -0.2) is 49.3 Å². The Morgan fingerprint density at radius 1 is 0.980 bits per heavy atom. The quantitative estimate of drug-likeness (QED) is 0.0371. The Labute approximate surface area is 289 Å². The van der Waals surface area contributed by atoms with Gasteiger partial charge in [0.2, 0.25) is 5.90 Å². The maximum Gasteiger partial charge on any atom is 0.266 e. The highest BCUT2D eigenvalue weighted by Crippen LogP contribution is 2.44. The van der Waals surface area contributed by atoms with Gasteiger partial charge in [0.15, 0.2) is 11.6 Å². The normalized spacial score (nSPS) is 16.3. The zero-order chi connectivity index (χ0) is 35.2. The zero-order valence-corrected chi connectivity index (χ0v) is 27.5. The number of nitrogens with one attached hydrogen (secondary N) is 2. The predicted molar refractivity (Wildman–Crippen MR) is 188 cm³/mol. The molecule has 0 saturated carbocycles. The number of amides is 1. The van der Waals surface area contributed by atoms with Gasteiger partial charge < -0.3 is 19.3 Å². The molecule has 1 heterocycles. The van der Waals surface area contributed by atoms with E-state index in [1.807, 2.05) is 48.5 Å². The number of nitrogens with zero attached hydrogens (tertiary/aromatic N) is 7. The van der Waals surface area contributed by atoms with Gasteiger partial charge in [-0.25, -0.2) is 10.4 Å². The molecule has 0 aliphatic carbocycles. The van der Waals surface area contributed by atoms with E-state index in [1.54, 1.807) is 55.6 Å². The third kappa shape index (κ3) is 8.51. The number of hydrazine groups is 1. The number of carbonyl (C=O) groups is 1. The van der Waals surface area contributed by atoms with Crippen LogP contribution in [0, 0.1) is 0 Å². The minimum absolute atomic E-state index is 0.00202. The van der Waals surface area contributed by atoms with Crippen LogP contribution in [0.5, 0.6) is 11.5 Å². The fourth-order valence-electron chi connectivity index (χ4n) is 5.68. The molecule has 1 aliphatic rings. The summed E-state index contributed by atoms with van der Waals surface area (Å²) in [5, 5.41) is 16.8. The maximum atomic E-state index is 14.6. The van der Waals surface area contributed by atoms with Crippen molar-refractivity contribution in [2.75, 3.05) is 26.9 Å². The van der Waals surface area contributed by atoms with Gasteiger partial charge in [0, 0.05) is 47.1 Å². The summed E-state index contributed by atoms with van der Waals surface area (Å²) in [6, 6.07) is 29.0. The van der Waals surface area contributed by atoms with E-state index < -0.39 is 17.6 Å². The number of azide groups is 2. The number of hydrogen-bond acceptors (Lipinski definition) is 9. The zero-order valence-electron chi connectivity index (χ0n) is 27.5. The Morgan fingerprint density at radius 3 is 2.52 bits per heavy atom. The molecule has 50 heavy (non-hydrogen) atoms. The van der Waals surface area contributed by atoms with Crippen molar-refractivity contribution in [1.82, 2.24) is 10.9 Å².